The first-order chi connectivity index (χ1) is 4.54. The molecule has 0 unspecified atom stereocenters. The minimum absolute atomic E-state index is 0.0528. The Balaban J connectivity index is 3.78. The van der Waals surface area contributed by atoms with Gasteiger partial charge in [0.1, 0.15) is 0 Å². The Labute approximate surface area is 62.9 Å². The maximum atomic E-state index is 8.91. The fourth-order valence-corrected chi connectivity index (χ4v) is 0.740. The van der Waals surface area contributed by atoms with Gasteiger partial charge < -0.3 is 10.2 Å². The van der Waals surface area contributed by atoms with Crippen LogP contribution in [0.2, 0.25) is 0 Å². The highest BCUT2D eigenvalue weighted by atomic mass is 16.3. The lowest BCUT2D eigenvalue weighted by atomic mass is 9.79. The number of rotatable bonds is 4. The SMILES string of the molecule is C[C@@H](CCO)C(C)(C)CO. The summed E-state index contributed by atoms with van der Waals surface area (Å²) in [6.07, 6.45) is 0.771. The molecule has 2 nitrogen and oxygen atoms in total. The summed E-state index contributed by atoms with van der Waals surface area (Å²) in [6, 6.07) is 0. The van der Waals surface area contributed by atoms with Crippen LogP contribution in [-0.2, 0) is 0 Å². The highest BCUT2D eigenvalue weighted by Gasteiger charge is 2.23. The van der Waals surface area contributed by atoms with Crippen molar-refractivity contribution in [2.24, 2.45) is 11.3 Å². The van der Waals surface area contributed by atoms with Crippen LogP contribution < -0.4 is 0 Å². The summed E-state index contributed by atoms with van der Waals surface area (Å²) in [6.45, 7) is 6.46. The summed E-state index contributed by atoms with van der Waals surface area (Å²) in [7, 11) is 0. The van der Waals surface area contributed by atoms with Gasteiger partial charge in [-0.1, -0.05) is 20.8 Å². The quantitative estimate of drug-likeness (QED) is 0.621. The van der Waals surface area contributed by atoms with Gasteiger partial charge in [0.25, 0.3) is 0 Å². The largest absolute Gasteiger partial charge is 0.396 e. The molecule has 0 amide bonds. The molecule has 2 N–H and O–H groups in total. The molecule has 0 spiro atoms. The molecule has 0 radical (unpaired) electrons. The van der Waals surface area contributed by atoms with Gasteiger partial charge in [0.05, 0.1) is 0 Å². The molecule has 0 saturated carbocycles. The molecular formula is C8H18O2. The van der Waals surface area contributed by atoms with Crippen molar-refractivity contribution in [2.45, 2.75) is 27.2 Å². The Hall–Kier alpha value is -0.0800. The van der Waals surface area contributed by atoms with E-state index in [4.69, 9.17) is 10.2 Å². The van der Waals surface area contributed by atoms with Crippen LogP contribution in [0.1, 0.15) is 27.2 Å². The summed E-state index contributed by atoms with van der Waals surface area (Å²) in [5.74, 6) is 0.377. The third kappa shape index (κ3) is 2.67. The van der Waals surface area contributed by atoms with Crippen LogP contribution in [0.25, 0.3) is 0 Å². The maximum absolute atomic E-state index is 8.91. The van der Waals surface area contributed by atoms with Gasteiger partial charge in [-0.3, -0.25) is 0 Å². The minimum atomic E-state index is -0.0528. The molecule has 0 aromatic carbocycles. The normalized spacial score (nSPS) is 15.3. The van der Waals surface area contributed by atoms with Gasteiger partial charge in [0.2, 0.25) is 0 Å². The van der Waals surface area contributed by atoms with E-state index < -0.39 is 0 Å². The van der Waals surface area contributed by atoms with Gasteiger partial charge in [-0.25, -0.2) is 0 Å². The van der Waals surface area contributed by atoms with Crippen LogP contribution in [0, 0.1) is 11.3 Å². The van der Waals surface area contributed by atoms with Crippen LogP contribution in [0.5, 0.6) is 0 Å². The van der Waals surface area contributed by atoms with Gasteiger partial charge >= 0.3 is 0 Å². The molecule has 0 bridgehead atoms. The summed E-state index contributed by atoms with van der Waals surface area (Å²) in [4.78, 5) is 0. The summed E-state index contributed by atoms with van der Waals surface area (Å²) >= 11 is 0. The molecular weight excluding hydrogens is 128 g/mol. The zero-order valence-electron chi connectivity index (χ0n) is 7.09. The lowest BCUT2D eigenvalue weighted by Gasteiger charge is -2.28. The van der Waals surface area contributed by atoms with Crippen LogP contribution in [0.3, 0.4) is 0 Å². The Morgan fingerprint density at radius 1 is 1.30 bits per heavy atom. The van der Waals surface area contributed by atoms with Crippen LogP contribution in [-0.4, -0.2) is 23.4 Å². The molecule has 0 fully saturated rings. The molecule has 0 heterocycles. The third-order valence-corrected chi connectivity index (χ3v) is 2.30. The number of hydrogen-bond donors (Lipinski definition) is 2. The maximum Gasteiger partial charge on any atom is 0.0484 e. The van der Waals surface area contributed by atoms with Crippen molar-refractivity contribution in [2.75, 3.05) is 13.2 Å². The Kier molecular flexibility index (Phi) is 3.91. The lowest BCUT2D eigenvalue weighted by molar-refractivity contribution is 0.0881. The van der Waals surface area contributed by atoms with Gasteiger partial charge in [0.15, 0.2) is 0 Å². The molecule has 0 aromatic rings. The first kappa shape index (κ1) is 9.92. The average Bonchev–Trinajstić information content (AvgIpc) is 1.89. The van der Waals surface area contributed by atoms with Crippen molar-refractivity contribution >= 4 is 0 Å². The zero-order valence-corrected chi connectivity index (χ0v) is 7.09. The topological polar surface area (TPSA) is 40.5 Å². The number of hydrogen-bond acceptors (Lipinski definition) is 2. The van der Waals surface area contributed by atoms with Crippen molar-refractivity contribution in [3.05, 3.63) is 0 Å². The van der Waals surface area contributed by atoms with E-state index in [1.807, 2.05) is 20.8 Å². The van der Waals surface area contributed by atoms with E-state index in [9.17, 15) is 0 Å². The van der Waals surface area contributed by atoms with Crippen molar-refractivity contribution < 1.29 is 10.2 Å². The second kappa shape index (κ2) is 3.94. The van der Waals surface area contributed by atoms with Crippen molar-refractivity contribution in [1.29, 1.82) is 0 Å². The van der Waals surface area contributed by atoms with Gasteiger partial charge in [0, 0.05) is 13.2 Å². The van der Waals surface area contributed by atoms with Crippen LogP contribution in [0.15, 0.2) is 0 Å². The fraction of sp³-hybridized carbons (Fsp3) is 1.00. The second-order valence-corrected chi connectivity index (χ2v) is 3.56. The van der Waals surface area contributed by atoms with Gasteiger partial charge in [-0.15, -0.1) is 0 Å². The molecule has 0 saturated heterocycles. The highest BCUT2D eigenvalue weighted by Crippen LogP contribution is 2.27. The Morgan fingerprint density at radius 2 is 1.80 bits per heavy atom. The van der Waals surface area contributed by atoms with E-state index in [1.165, 1.54) is 0 Å². The summed E-state index contributed by atoms with van der Waals surface area (Å²) in [5, 5.41) is 17.5. The van der Waals surface area contributed by atoms with Gasteiger partial charge in [-0.2, -0.15) is 0 Å². The molecule has 2 heteroatoms. The molecule has 0 aliphatic rings. The Morgan fingerprint density at radius 3 is 2.10 bits per heavy atom. The average molecular weight is 146 g/mol. The lowest BCUT2D eigenvalue weighted by Crippen LogP contribution is -2.26. The molecule has 62 valence electrons. The molecule has 0 aliphatic carbocycles. The number of aliphatic hydroxyl groups excluding tert-OH is 2. The van der Waals surface area contributed by atoms with Crippen LogP contribution >= 0.6 is 0 Å². The first-order valence-corrected chi connectivity index (χ1v) is 3.76. The smallest absolute Gasteiger partial charge is 0.0484 e. The second-order valence-electron chi connectivity index (χ2n) is 3.56. The van der Waals surface area contributed by atoms with E-state index in [0.29, 0.717) is 5.92 Å². The van der Waals surface area contributed by atoms with Gasteiger partial charge in [-0.05, 0) is 17.8 Å². The van der Waals surface area contributed by atoms with E-state index in [2.05, 4.69) is 0 Å². The van der Waals surface area contributed by atoms with Crippen molar-refractivity contribution in [3.8, 4) is 0 Å². The van der Waals surface area contributed by atoms with E-state index in [-0.39, 0.29) is 18.6 Å². The van der Waals surface area contributed by atoms with E-state index in [0.717, 1.165) is 6.42 Å². The fourth-order valence-electron chi connectivity index (χ4n) is 0.740. The number of aliphatic hydroxyl groups is 2. The third-order valence-electron chi connectivity index (χ3n) is 2.30. The zero-order chi connectivity index (χ0) is 8.20. The summed E-state index contributed by atoms with van der Waals surface area (Å²) in [5.41, 5.74) is -0.0528. The molecule has 0 rings (SSSR count). The molecule has 1 atom stereocenters. The highest BCUT2D eigenvalue weighted by molar-refractivity contribution is 4.73. The molecule has 0 aliphatic heterocycles. The minimum Gasteiger partial charge on any atom is -0.396 e. The van der Waals surface area contributed by atoms with E-state index >= 15 is 0 Å². The van der Waals surface area contributed by atoms with E-state index in [1.54, 1.807) is 0 Å². The monoisotopic (exact) mass is 146 g/mol. The van der Waals surface area contributed by atoms with Crippen molar-refractivity contribution in [3.63, 3.8) is 0 Å². The Bertz CT molecular complexity index is 89.3. The predicted octanol–water partition coefficient (Wildman–Crippen LogP) is 1.02. The first-order valence-electron chi connectivity index (χ1n) is 3.76. The molecule has 10 heavy (non-hydrogen) atoms. The predicted molar refractivity (Wildman–Crippen MR) is 41.7 cm³/mol. The van der Waals surface area contributed by atoms with Crippen molar-refractivity contribution in [1.82, 2.24) is 0 Å². The standard InChI is InChI=1S/C8H18O2/c1-7(4-5-9)8(2,3)6-10/h7,9-10H,4-6H2,1-3H3/t7-/m0/s1. The van der Waals surface area contributed by atoms with Crippen LogP contribution in [0.4, 0.5) is 0 Å². The molecule has 0 aromatic heterocycles. The summed E-state index contributed by atoms with van der Waals surface area (Å²) < 4.78 is 0.